The first-order chi connectivity index (χ1) is 11.8. The van der Waals surface area contributed by atoms with Crippen LogP contribution in [0.3, 0.4) is 0 Å². The normalized spacial score (nSPS) is 10.3. The van der Waals surface area contributed by atoms with Crippen LogP contribution in [0.15, 0.2) is 73.3 Å². The number of imidazole rings is 1. The quantitative estimate of drug-likeness (QED) is 0.495. The van der Waals surface area contributed by atoms with Crippen LogP contribution in [0.1, 0.15) is 15.9 Å². The molecule has 0 aliphatic rings. The Morgan fingerprint density at radius 1 is 1.00 bits per heavy atom. The summed E-state index contributed by atoms with van der Waals surface area (Å²) in [7, 11) is 0. The minimum atomic E-state index is -0.338. The second-order valence-electron chi connectivity index (χ2n) is 5.23. The summed E-state index contributed by atoms with van der Waals surface area (Å²) < 4.78 is 12.8. The molecule has 0 atom stereocenters. The van der Waals surface area contributed by atoms with Gasteiger partial charge in [-0.25, -0.2) is 9.78 Å². The van der Waals surface area contributed by atoms with Crippen molar-refractivity contribution in [2.75, 3.05) is 13.2 Å². The molecule has 0 fully saturated rings. The van der Waals surface area contributed by atoms with E-state index in [1.54, 1.807) is 36.8 Å². The zero-order valence-electron chi connectivity index (χ0n) is 13.2. The maximum atomic E-state index is 11.8. The molecule has 0 aliphatic heterocycles. The molecule has 0 unspecified atom stereocenters. The highest BCUT2D eigenvalue weighted by atomic mass is 16.6. The molecular formula is C19H18N2O3. The molecule has 3 rings (SSSR count). The fourth-order valence-electron chi connectivity index (χ4n) is 2.23. The maximum Gasteiger partial charge on any atom is 0.338 e. The van der Waals surface area contributed by atoms with Crippen molar-refractivity contribution < 1.29 is 14.3 Å². The van der Waals surface area contributed by atoms with Crippen molar-refractivity contribution in [2.45, 2.75) is 6.54 Å². The first-order valence-electron chi connectivity index (χ1n) is 7.71. The van der Waals surface area contributed by atoms with E-state index < -0.39 is 0 Å². The molecule has 0 bridgehead atoms. The Kier molecular flexibility index (Phi) is 5.24. The lowest BCUT2D eigenvalue weighted by atomic mass is 10.2. The van der Waals surface area contributed by atoms with E-state index in [1.165, 1.54) is 0 Å². The van der Waals surface area contributed by atoms with Gasteiger partial charge < -0.3 is 14.0 Å². The van der Waals surface area contributed by atoms with Crippen molar-refractivity contribution in [3.8, 4) is 5.75 Å². The summed E-state index contributed by atoms with van der Waals surface area (Å²) in [5, 5.41) is 0. The zero-order chi connectivity index (χ0) is 16.6. The summed E-state index contributed by atoms with van der Waals surface area (Å²) in [6.45, 7) is 1.30. The van der Waals surface area contributed by atoms with Crippen molar-refractivity contribution in [1.82, 2.24) is 9.55 Å². The van der Waals surface area contributed by atoms with Crippen LogP contribution in [0.25, 0.3) is 0 Å². The van der Waals surface area contributed by atoms with Crippen LogP contribution in [-0.4, -0.2) is 28.7 Å². The largest absolute Gasteiger partial charge is 0.490 e. The van der Waals surface area contributed by atoms with Crippen LogP contribution < -0.4 is 4.74 Å². The van der Waals surface area contributed by atoms with E-state index >= 15 is 0 Å². The summed E-state index contributed by atoms with van der Waals surface area (Å²) in [4.78, 5) is 15.8. The molecule has 0 aliphatic carbocycles. The van der Waals surface area contributed by atoms with Crippen LogP contribution in [0.4, 0.5) is 0 Å². The Bertz CT molecular complexity index is 753. The van der Waals surface area contributed by atoms with Gasteiger partial charge >= 0.3 is 5.97 Å². The van der Waals surface area contributed by atoms with Gasteiger partial charge in [0, 0.05) is 18.9 Å². The van der Waals surface area contributed by atoms with E-state index in [4.69, 9.17) is 9.47 Å². The third-order valence-electron chi connectivity index (χ3n) is 3.44. The molecule has 24 heavy (non-hydrogen) atoms. The third-order valence-corrected chi connectivity index (χ3v) is 3.44. The van der Waals surface area contributed by atoms with Crippen molar-refractivity contribution >= 4 is 5.97 Å². The van der Waals surface area contributed by atoms with Gasteiger partial charge in [0.05, 0.1) is 11.9 Å². The minimum Gasteiger partial charge on any atom is -0.490 e. The lowest BCUT2D eigenvalue weighted by molar-refractivity contribution is 0.0450. The van der Waals surface area contributed by atoms with E-state index in [9.17, 15) is 4.79 Å². The fourth-order valence-corrected chi connectivity index (χ4v) is 2.23. The predicted molar refractivity (Wildman–Crippen MR) is 90.0 cm³/mol. The van der Waals surface area contributed by atoms with Crippen molar-refractivity contribution in [3.05, 3.63) is 84.4 Å². The molecular weight excluding hydrogens is 304 g/mol. The van der Waals surface area contributed by atoms with Crippen LogP contribution >= 0.6 is 0 Å². The van der Waals surface area contributed by atoms with Crippen LogP contribution in [0.2, 0.25) is 0 Å². The average Bonchev–Trinajstić information content (AvgIpc) is 3.14. The first kappa shape index (κ1) is 15.8. The van der Waals surface area contributed by atoms with Gasteiger partial charge in [0.15, 0.2) is 0 Å². The van der Waals surface area contributed by atoms with E-state index in [2.05, 4.69) is 4.98 Å². The van der Waals surface area contributed by atoms with Gasteiger partial charge in [0.2, 0.25) is 0 Å². The molecule has 0 spiro atoms. The summed E-state index contributed by atoms with van der Waals surface area (Å²) in [6.07, 6.45) is 5.46. The lowest BCUT2D eigenvalue weighted by Gasteiger charge is -2.08. The van der Waals surface area contributed by atoms with Crippen LogP contribution in [0.5, 0.6) is 5.75 Å². The minimum absolute atomic E-state index is 0.213. The third kappa shape index (κ3) is 4.46. The smallest absolute Gasteiger partial charge is 0.338 e. The fraction of sp³-hybridized carbons (Fsp3) is 0.158. The molecule has 5 nitrogen and oxygen atoms in total. The molecule has 0 amide bonds. The summed E-state index contributed by atoms with van der Waals surface area (Å²) >= 11 is 0. The average molecular weight is 322 g/mol. The monoisotopic (exact) mass is 322 g/mol. The molecule has 1 heterocycles. The number of ether oxygens (including phenoxy) is 2. The summed E-state index contributed by atoms with van der Waals surface area (Å²) in [5.41, 5.74) is 1.71. The van der Waals surface area contributed by atoms with Crippen molar-refractivity contribution in [3.63, 3.8) is 0 Å². The topological polar surface area (TPSA) is 53.4 Å². The maximum absolute atomic E-state index is 11.8. The van der Waals surface area contributed by atoms with E-state index in [0.717, 1.165) is 17.9 Å². The molecule has 0 N–H and O–H groups in total. The zero-order valence-corrected chi connectivity index (χ0v) is 13.2. The van der Waals surface area contributed by atoms with Crippen LogP contribution in [-0.2, 0) is 11.3 Å². The number of esters is 1. The van der Waals surface area contributed by atoms with E-state index in [0.29, 0.717) is 12.2 Å². The SMILES string of the molecule is O=C(OCCOc1ccc(Cn2ccnc2)cc1)c1ccccc1. The number of nitrogens with zero attached hydrogens (tertiary/aromatic N) is 2. The van der Waals surface area contributed by atoms with Gasteiger partial charge in [0.25, 0.3) is 0 Å². The van der Waals surface area contributed by atoms with E-state index in [1.807, 2.05) is 41.1 Å². The van der Waals surface area contributed by atoms with E-state index in [-0.39, 0.29) is 12.6 Å². The summed E-state index contributed by atoms with van der Waals surface area (Å²) in [5.74, 6) is 0.412. The highest BCUT2D eigenvalue weighted by molar-refractivity contribution is 5.89. The predicted octanol–water partition coefficient (Wildman–Crippen LogP) is 3.17. The molecule has 1 aromatic heterocycles. The highest BCUT2D eigenvalue weighted by Gasteiger charge is 2.05. The molecule has 0 radical (unpaired) electrons. The second-order valence-corrected chi connectivity index (χ2v) is 5.23. The van der Waals surface area contributed by atoms with Gasteiger partial charge in [-0.2, -0.15) is 0 Å². The molecule has 0 saturated heterocycles. The molecule has 5 heteroatoms. The molecule has 2 aromatic carbocycles. The van der Waals surface area contributed by atoms with Crippen molar-refractivity contribution in [1.29, 1.82) is 0 Å². The van der Waals surface area contributed by atoms with Gasteiger partial charge in [-0.1, -0.05) is 30.3 Å². The molecule has 3 aromatic rings. The Hall–Kier alpha value is -3.08. The number of aromatic nitrogens is 2. The van der Waals surface area contributed by atoms with Gasteiger partial charge in [0.1, 0.15) is 19.0 Å². The molecule has 0 saturated carbocycles. The number of hydrogen-bond donors (Lipinski definition) is 0. The Morgan fingerprint density at radius 2 is 1.79 bits per heavy atom. The first-order valence-corrected chi connectivity index (χ1v) is 7.71. The number of hydrogen-bond acceptors (Lipinski definition) is 4. The van der Waals surface area contributed by atoms with Gasteiger partial charge in [-0.15, -0.1) is 0 Å². The standard InChI is InChI=1S/C19H18N2O3/c22-19(17-4-2-1-3-5-17)24-13-12-23-18-8-6-16(7-9-18)14-21-11-10-20-15-21/h1-11,15H,12-14H2. The highest BCUT2D eigenvalue weighted by Crippen LogP contribution is 2.13. The Balaban J connectivity index is 1.41. The number of carbonyl (C=O) groups is 1. The number of rotatable bonds is 7. The van der Waals surface area contributed by atoms with Gasteiger partial charge in [-0.05, 0) is 29.8 Å². The number of carbonyl (C=O) groups excluding carboxylic acids is 1. The van der Waals surface area contributed by atoms with Crippen molar-refractivity contribution in [2.24, 2.45) is 0 Å². The van der Waals surface area contributed by atoms with Crippen LogP contribution in [0, 0.1) is 0 Å². The lowest BCUT2D eigenvalue weighted by Crippen LogP contribution is -2.12. The second kappa shape index (κ2) is 7.97. The Morgan fingerprint density at radius 3 is 2.50 bits per heavy atom. The number of benzene rings is 2. The molecule has 122 valence electrons. The summed E-state index contributed by atoms with van der Waals surface area (Å²) in [6, 6.07) is 16.7. The Labute approximate surface area is 140 Å². The van der Waals surface area contributed by atoms with Gasteiger partial charge in [-0.3, -0.25) is 0 Å².